The third-order valence-corrected chi connectivity index (χ3v) is 4.76. The number of quaternary nitrogens is 1. The molecule has 0 radical (unpaired) electrons. The van der Waals surface area contributed by atoms with Gasteiger partial charge in [-0.3, -0.25) is 0 Å². The van der Waals surface area contributed by atoms with Gasteiger partial charge in [-0.25, -0.2) is 0 Å². The van der Waals surface area contributed by atoms with Crippen LogP contribution in [0.4, 0.5) is 6.01 Å². The minimum absolute atomic E-state index is 0. The number of fused-ring (bicyclic) bond motifs is 1. The summed E-state index contributed by atoms with van der Waals surface area (Å²) in [6.07, 6.45) is 2.81. The minimum atomic E-state index is 0. The van der Waals surface area contributed by atoms with E-state index in [2.05, 4.69) is 9.88 Å². The Morgan fingerprint density at radius 1 is 1.00 bits per heavy atom. The number of hydrogen-bond donors (Lipinski definition) is 0. The number of rotatable bonds is 1. The summed E-state index contributed by atoms with van der Waals surface area (Å²) >= 11 is 0. The van der Waals surface area contributed by atoms with E-state index < -0.39 is 0 Å². The minimum Gasteiger partial charge on any atom is -1.00 e. The zero-order valence-electron chi connectivity index (χ0n) is 11.6. The Kier molecular flexibility index (Phi) is 3.90. The van der Waals surface area contributed by atoms with Gasteiger partial charge in [0.15, 0.2) is 5.58 Å². The number of anilines is 1. The largest absolute Gasteiger partial charge is 1.00 e. The zero-order valence-corrected chi connectivity index (χ0v) is 13.8. The molecule has 2 fully saturated rings. The van der Waals surface area contributed by atoms with Gasteiger partial charge in [-0.05, 0) is 12.1 Å². The van der Waals surface area contributed by atoms with Crippen LogP contribution in [0.1, 0.15) is 12.8 Å². The standard InChI is InChI=1S/C15H20N3O.HI/c1-2-6-14-13(5-1)16-15(19-14)17-7-11-18(12-8-17)9-3-4-10-18;/h1-2,5-6H,3-4,7-12H2;1H/q+1;/p-1. The lowest BCUT2D eigenvalue weighted by atomic mass is 10.3. The molecule has 2 aromatic rings. The van der Waals surface area contributed by atoms with E-state index in [9.17, 15) is 0 Å². The highest BCUT2D eigenvalue weighted by atomic mass is 127. The number of hydrogen-bond acceptors (Lipinski definition) is 3. The monoisotopic (exact) mass is 385 g/mol. The van der Waals surface area contributed by atoms with Crippen molar-refractivity contribution in [1.82, 2.24) is 4.98 Å². The van der Waals surface area contributed by atoms with Crippen molar-refractivity contribution in [3.8, 4) is 0 Å². The van der Waals surface area contributed by atoms with Gasteiger partial charge in [0.25, 0.3) is 6.01 Å². The molecule has 0 saturated carbocycles. The molecule has 1 aromatic carbocycles. The van der Waals surface area contributed by atoms with Crippen molar-refractivity contribution >= 4 is 17.1 Å². The SMILES string of the molecule is [I-].c1ccc2oc(N3CC[N+]4(CCCC4)CC3)nc2c1. The van der Waals surface area contributed by atoms with Crippen LogP contribution < -0.4 is 28.9 Å². The fourth-order valence-electron chi connectivity index (χ4n) is 3.53. The fourth-order valence-corrected chi connectivity index (χ4v) is 3.53. The van der Waals surface area contributed by atoms with Crippen LogP contribution in [0.15, 0.2) is 28.7 Å². The average molecular weight is 385 g/mol. The van der Waals surface area contributed by atoms with Crippen molar-refractivity contribution in [2.75, 3.05) is 44.2 Å². The number of aromatic nitrogens is 1. The van der Waals surface area contributed by atoms with Crippen molar-refractivity contribution in [3.63, 3.8) is 0 Å². The lowest BCUT2D eigenvalue weighted by Crippen LogP contribution is -3.00. The maximum absolute atomic E-state index is 5.87. The third-order valence-electron chi connectivity index (χ3n) is 4.76. The number of nitrogens with zero attached hydrogens (tertiary/aromatic N) is 3. The summed E-state index contributed by atoms with van der Waals surface area (Å²) in [6, 6.07) is 8.82. The van der Waals surface area contributed by atoms with Crippen molar-refractivity contribution in [1.29, 1.82) is 0 Å². The molecular weight excluding hydrogens is 365 g/mol. The average Bonchev–Trinajstić information content (AvgIpc) is 3.06. The van der Waals surface area contributed by atoms with Gasteiger partial charge in [-0.15, -0.1) is 0 Å². The van der Waals surface area contributed by atoms with Crippen LogP contribution >= 0.6 is 0 Å². The Hall–Kier alpha value is -0.820. The molecule has 1 spiro atoms. The third kappa shape index (κ3) is 2.41. The smallest absolute Gasteiger partial charge is 0.298 e. The van der Waals surface area contributed by atoms with Crippen molar-refractivity contribution < 1.29 is 32.9 Å². The molecule has 108 valence electrons. The van der Waals surface area contributed by atoms with E-state index in [0.29, 0.717) is 0 Å². The summed E-state index contributed by atoms with van der Waals surface area (Å²) in [5.41, 5.74) is 1.86. The number of oxazole rings is 1. The van der Waals surface area contributed by atoms with Gasteiger partial charge < -0.3 is 37.8 Å². The van der Waals surface area contributed by atoms with Crippen LogP contribution in [-0.2, 0) is 0 Å². The lowest BCUT2D eigenvalue weighted by Gasteiger charge is -2.41. The molecule has 2 saturated heterocycles. The lowest BCUT2D eigenvalue weighted by molar-refractivity contribution is -0.917. The van der Waals surface area contributed by atoms with E-state index in [4.69, 9.17) is 4.42 Å². The molecule has 0 amide bonds. The molecule has 0 aliphatic carbocycles. The maximum Gasteiger partial charge on any atom is 0.298 e. The van der Waals surface area contributed by atoms with Gasteiger partial charge in [0.1, 0.15) is 5.52 Å². The summed E-state index contributed by atoms with van der Waals surface area (Å²) in [4.78, 5) is 6.91. The topological polar surface area (TPSA) is 29.3 Å². The first kappa shape index (κ1) is 14.1. The molecule has 4 nitrogen and oxygen atoms in total. The Morgan fingerprint density at radius 2 is 1.70 bits per heavy atom. The second kappa shape index (κ2) is 5.52. The Bertz CT molecular complexity index is 549. The summed E-state index contributed by atoms with van der Waals surface area (Å²) in [6.45, 7) is 7.40. The molecule has 2 aliphatic rings. The van der Waals surface area contributed by atoms with E-state index in [-0.39, 0.29) is 24.0 Å². The van der Waals surface area contributed by atoms with Crippen molar-refractivity contribution in [3.05, 3.63) is 24.3 Å². The first-order valence-electron chi connectivity index (χ1n) is 7.30. The van der Waals surface area contributed by atoms with E-state index in [1.54, 1.807) is 0 Å². The second-order valence-electron chi connectivity index (χ2n) is 5.89. The Morgan fingerprint density at radius 3 is 2.40 bits per heavy atom. The molecular formula is C15H20IN3O. The maximum atomic E-state index is 5.87. The van der Waals surface area contributed by atoms with Gasteiger partial charge in [0, 0.05) is 12.8 Å². The highest BCUT2D eigenvalue weighted by Gasteiger charge is 2.36. The fraction of sp³-hybridized carbons (Fsp3) is 0.533. The summed E-state index contributed by atoms with van der Waals surface area (Å²) in [5.74, 6) is 0. The first-order chi connectivity index (χ1) is 9.35. The van der Waals surface area contributed by atoms with Crippen LogP contribution in [0.5, 0.6) is 0 Å². The van der Waals surface area contributed by atoms with Gasteiger partial charge >= 0.3 is 0 Å². The molecule has 1 aromatic heterocycles. The van der Waals surface area contributed by atoms with Crippen LogP contribution in [0, 0.1) is 0 Å². The van der Waals surface area contributed by atoms with Gasteiger partial charge in [0.2, 0.25) is 0 Å². The van der Waals surface area contributed by atoms with Crippen molar-refractivity contribution in [2.24, 2.45) is 0 Å². The van der Waals surface area contributed by atoms with E-state index in [0.717, 1.165) is 30.2 Å². The number of halogens is 1. The van der Waals surface area contributed by atoms with E-state index >= 15 is 0 Å². The highest BCUT2D eigenvalue weighted by Crippen LogP contribution is 2.26. The summed E-state index contributed by atoms with van der Waals surface area (Å²) in [5, 5.41) is 0. The molecule has 3 heterocycles. The van der Waals surface area contributed by atoms with Crippen LogP contribution in [0.25, 0.3) is 11.1 Å². The number of piperazine rings is 1. The zero-order chi connectivity index (χ0) is 12.7. The molecule has 5 heteroatoms. The van der Waals surface area contributed by atoms with Crippen molar-refractivity contribution in [2.45, 2.75) is 12.8 Å². The quantitative estimate of drug-likeness (QED) is 0.479. The van der Waals surface area contributed by atoms with Crippen LogP contribution in [0.2, 0.25) is 0 Å². The number of benzene rings is 1. The molecule has 20 heavy (non-hydrogen) atoms. The van der Waals surface area contributed by atoms with E-state index in [1.807, 2.05) is 24.3 Å². The second-order valence-corrected chi connectivity index (χ2v) is 5.89. The summed E-state index contributed by atoms with van der Waals surface area (Å²) < 4.78 is 7.20. The predicted molar refractivity (Wildman–Crippen MR) is 75.2 cm³/mol. The van der Waals surface area contributed by atoms with Gasteiger partial charge in [0.05, 0.1) is 39.3 Å². The van der Waals surface area contributed by atoms with Gasteiger partial charge in [-0.2, -0.15) is 4.98 Å². The molecule has 0 bridgehead atoms. The molecule has 0 atom stereocenters. The first-order valence-corrected chi connectivity index (χ1v) is 7.30. The molecule has 0 unspecified atom stereocenters. The van der Waals surface area contributed by atoms with Crippen LogP contribution in [0.3, 0.4) is 0 Å². The Balaban J connectivity index is 0.00000121. The molecule has 4 rings (SSSR count). The van der Waals surface area contributed by atoms with Crippen LogP contribution in [-0.4, -0.2) is 48.7 Å². The predicted octanol–water partition coefficient (Wildman–Crippen LogP) is -0.738. The molecule has 0 N–H and O–H groups in total. The summed E-state index contributed by atoms with van der Waals surface area (Å²) in [7, 11) is 0. The van der Waals surface area contributed by atoms with Gasteiger partial charge in [-0.1, -0.05) is 12.1 Å². The normalized spacial score (nSPS) is 21.3. The highest BCUT2D eigenvalue weighted by molar-refractivity contribution is 5.74. The Labute approximate surface area is 136 Å². The van der Waals surface area contributed by atoms with E-state index in [1.165, 1.54) is 43.5 Å². The molecule has 2 aliphatic heterocycles. The number of para-hydroxylation sites is 2.